The fourth-order valence-corrected chi connectivity index (χ4v) is 8.39. The first-order chi connectivity index (χ1) is 22.2. The second-order valence-electron chi connectivity index (χ2n) is 12.8. The van der Waals surface area contributed by atoms with Crippen molar-refractivity contribution in [2.75, 3.05) is 24.6 Å². The number of aryl methyl sites for hydroxylation is 3. The topological polar surface area (TPSA) is 41.9 Å². The smallest absolute Gasteiger partial charge is 0.245 e. The molecule has 0 fully saturated rings. The van der Waals surface area contributed by atoms with Gasteiger partial charge in [0, 0.05) is 58.2 Å². The van der Waals surface area contributed by atoms with Gasteiger partial charge in [0.25, 0.3) is 0 Å². The summed E-state index contributed by atoms with van der Waals surface area (Å²) in [5.74, 6) is 0.832. The molecule has 1 N–H and O–H groups in total. The predicted octanol–water partition coefficient (Wildman–Crippen LogP) is 11.6. The second kappa shape index (κ2) is 17.9. The number of likely N-dealkylation sites (N-methyl/N-ethyl adjacent to an activating group) is 1. The van der Waals surface area contributed by atoms with Crippen molar-refractivity contribution in [1.29, 1.82) is 0 Å². The van der Waals surface area contributed by atoms with Crippen LogP contribution in [0.15, 0.2) is 60.1 Å². The average molecular weight is 662 g/mol. The van der Waals surface area contributed by atoms with Crippen molar-refractivity contribution in [2.45, 2.75) is 112 Å². The van der Waals surface area contributed by atoms with Crippen LogP contribution in [0.1, 0.15) is 112 Å². The summed E-state index contributed by atoms with van der Waals surface area (Å²) in [6.45, 7) is 14.5. The first-order valence-electron chi connectivity index (χ1n) is 17.4. The van der Waals surface area contributed by atoms with E-state index in [1.54, 1.807) is 0 Å². The minimum Gasteiger partial charge on any atom is -0.453 e. The Morgan fingerprint density at radius 3 is 2.09 bits per heavy atom. The summed E-state index contributed by atoms with van der Waals surface area (Å²) in [7, 11) is 0. The molecule has 0 saturated heterocycles. The Morgan fingerprint density at radius 2 is 1.46 bits per heavy atom. The lowest BCUT2D eigenvalue weighted by Gasteiger charge is -2.32. The van der Waals surface area contributed by atoms with Crippen LogP contribution < -0.4 is 4.90 Å². The van der Waals surface area contributed by atoms with Crippen LogP contribution >= 0.6 is 22.7 Å². The van der Waals surface area contributed by atoms with Crippen molar-refractivity contribution < 1.29 is 14.6 Å². The van der Waals surface area contributed by atoms with Crippen LogP contribution in [0.5, 0.6) is 0 Å². The Labute approximate surface area is 286 Å². The molecule has 0 radical (unpaired) electrons. The molecule has 1 aromatic carbocycles. The molecule has 1 aliphatic heterocycles. The third kappa shape index (κ3) is 10.6. The SMILES string of the molecule is CCCCCCc1cc(C)sc1-c1sc(/C=C2C=C(/C=C/c3ccc(N(CC)CCO)cc3)OC(C)(C)O/2)cc1CCCCCC. The van der Waals surface area contributed by atoms with Crippen molar-refractivity contribution in [2.24, 2.45) is 0 Å². The van der Waals surface area contributed by atoms with Gasteiger partial charge in [-0.1, -0.05) is 70.6 Å². The summed E-state index contributed by atoms with van der Waals surface area (Å²) in [6.07, 6.45) is 20.8. The molecule has 2 aromatic heterocycles. The van der Waals surface area contributed by atoms with Crippen molar-refractivity contribution in [3.63, 3.8) is 0 Å². The highest BCUT2D eigenvalue weighted by atomic mass is 32.1. The standard InChI is InChI=1S/C40H55NO3S2/c1-7-10-12-14-16-32-26-30(4)45-38(32)39-33(17-15-13-11-8-2)27-37(46-39)29-36-28-35(43-40(5,6)44-36)23-20-31-18-21-34(22-19-31)41(9-3)24-25-42/h18-23,26-29,42H,7-17,24-25H2,1-6H3/b23-20+,36-29-. The summed E-state index contributed by atoms with van der Waals surface area (Å²) < 4.78 is 12.5. The van der Waals surface area contributed by atoms with Gasteiger partial charge in [-0.05, 0) is 92.6 Å². The molecule has 3 heterocycles. The number of allylic oxidation sites excluding steroid dienone is 2. The van der Waals surface area contributed by atoms with E-state index < -0.39 is 5.79 Å². The molecule has 6 heteroatoms. The lowest BCUT2D eigenvalue weighted by Crippen LogP contribution is -2.30. The molecule has 0 aliphatic carbocycles. The summed E-state index contributed by atoms with van der Waals surface area (Å²) in [6, 6.07) is 13.3. The van der Waals surface area contributed by atoms with E-state index in [0.29, 0.717) is 6.54 Å². The van der Waals surface area contributed by atoms with Crippen LogP contribution in [0, 0.1) is 6.92 Å². The minimum atomic E-state index is -0.768. The van der Waals surface area contributed by atoms with E-state index in [1.165, 1.54) is 88.4 Å². The Morgan fingerprint density at radius 1 is 0.804 bits per heavy atom. The molecule has 0 saturated carbocycles. The molecular formula is C40H55NO3S2. The van der Waals surface area contributed by atoms with E-state index in [2.05, 4.69) is 81.1 Å². The monoisotopic (exact) mass is 661 g/mol. The molecule has 0 atom stereocenters. The van der Waals surface area contributed by atoms with Gasteiger partial charge in [-0.15, -0.1) is 22.7 Å². The lowest BCUT2D eigenvalue weighted by atomic mass is 10.0. The molecule has 0 bridgehead atoms. The van der Waals surface area contributed by atoms with Crippen LogP contribution in [0.25, 0.3) is 21.9 Å². The number of aliphatic hydroxyl groups excluding tert-OH is 1. The molecule has 250 valence electrons. The maximum Gasteiger partial charge on any atom is 0.245 e. The van der Waals surface area contributed by atoms with Gasteiger partial charge in [-0.25, -0.2) is 0 Å². The van der Waals surface area contributed by atoms with Crippen LogP contribution in [-0.2, 0) is 22.3 Å². The first-order valence-corrected chi connectivity index (χ1v) is 19.1. The second-order valence-corrected chi connectivity index (χ2v) is 15.1. The van der Waals surface area contributed by atoms with E-state index >= 15 is 0 Å². The van der Waals surface area contributed by atoms with Gasteiger partial charge in [-0.3, -0.25) is 0 Å². The Hall–Kier alpha value is -2.80. The zero-order valence-corrected chi connectivity index (χ0v) is 30.6. The van der Waals surface area contributed by atoms with E-state index in [9.17, 15) is 5.11 Å². The number of hydrogen-bond donors (Lipinski definition) is 1. The number of unbranched alkanes of at least 4 members (excludes halogenated alkanes) is 6. The highest BCUT2D eigenvalue weighted by Gasteiger charge is 2.27. The molecule has 1 aliphatic rings. The molecule has 4 nitrogen and oxygen atoms in total. The fourth-order valence-electron chi connectivity index (χ4n) is 5.97. The summed E-state index contributed by atoms with van der Waals surface area (Å²) >= 11 is 3.87. The van der Waals surface area contributed by atoms with Crippen LogP contribution in [-0.4, -0.2) is 30.6 Å². The highest BCUT2D eigenvalue weighted by molar-refractivity contribution is 7.22. The van der Waals surface area contributed by atoms with Crippen LogP contribution in [0.4, 0.5) is 5.69 Å². The highest BCUT2D eigenvalue weighted by Crippen LogP contribution is 2.42. The average Bonchev–Trinajstić information content (AvgIpc) is 3.60. The predicted molar refractivity (Wildman–Crippen MR) is 201 cm³/mol. The van der Waals surface area contributed by atoms with Crippen molar-refractivity contribution in [3.05, 3.63) is 86.5 Å². The number of ether oxygens (including phenoxy) is 2. The van der Waals surface area contributed by atoms with Gasteiger partial charge in [0.05, 0.1) is 6.61 Å². The zero-order chi connectivity index (χ0) is 32.9. The molecule has 46 heavy (non-hydrogen) atoms. The number of hydrogen-bond acceptors (Lipinski definition) is 6. The largest absolute Gasteiger partial charge is 0.453 e. The maximum atomic E-state index is 9.36. The Kier molecular flexibility index (Phi) is 14.1. The van der Waals surface area contributed by atoms with Crippen molar-refractivity contribution in [3.8, 4) is 9.75 Å². The lowest BCUT2D eigenvalue weighted by molar-refractivity contribution is -0.167. The van der Waals surface area contributed by atoms with Crippen LogP contribution in [0.3, 0.4) is 0 Å². The molecule has 0 spiro atoms. The number of aliphatic hydroxyl groups is 1. The van der Waals surface area contributed by atoms with Gasteiger partial charge in [0.1, 0.15) is 11.5 Å². The summed E-state index contributed by atoms with van der Waals surface area (Å²) in [5, 5.41) is 9.36. The normalized spacial score (nSPS) is 15.3. The number of thiophene rings is 2. The van der Waals surface area contributed by atoms with Gasteiger partial charge in [-0.2, -0.15) is 0 Å². The minimum absolute atomic E-state index is 0.148. The number of rotatable bonds is 18. The van der Waals surface area contributed by atoms with Crippen molar-refractivity contribution in [1.82, 2.24) is 0 Å². The van der Waals surface area contributed by atoms with Gasteiger partial charge in [0.15, 0.2) is 0 Å². The van der Waals surface area contributed by atoms with Crippen LogP contribution in [0.2, 0.25) is 0 Å². The van der Waals surface area contributed by atoms with Gasteiger partial charge in [0.2, 0.25) is 5.79 Å². The third-order valence-corrected chi connectivity index (χ3v) is 10.7. The maximum absolute atomic E-state index is 9.36. The number of nitrogens with zero attached hydrogens (tertiary/aromatic N) is 1. The Balaban J connectivity index is 1.60. The third-order valence-electron chi connectivity index (χ3n) is 8.31. The van der Waals surface area contributed by atoms with E-state index in [0.717, 1.165) is 35.7 Å². The van der Waals surface area contributed by atoms with E-state index in [1.807, 2.05) is 48.7 Å². The zero-order valence-electron chi connectivity index (χ0n) is 29.0. The summed E-state index contributed by atoms with van der Waals surface area (Å²) in [5.41, 5.74) is 5.21. The molecule has 4 rings (SSSR count). The van der Waals surface area contributed by atoms with Crippen molar-refractivity contribution >= 4 is 40.5 Å². The van der Waals surface area contributed by atoms with E-state index in [-0.39, 0.29) is 6.61 Å². The van der Waals surface area contributed by atoms with Gasteiger partial charge >= 0.3 is 0 Å². The molecule has 0 unspecified atom stereocenters. The molecular weight excluding hydrogens is 607 g/mol. The first kappa shape index (κ1) is 36.0. The van der Waals surface area contributed by atoms with Gasteiger partial charge < -0.3 is 19.5 Å². The number of benzene rings is 1. The quantitative estimate of drug-likeness (QED) is 0.138. The molecule has 0 amide bonds. The number of anilines is 1. The Bertz CT molecular complexity index is 1460. The summed E-state index contributed by atoms with van der Waals surface area (Å²) in [4.78, 5) is 7.73. The fraction of sp³-hybridized carbons (Fsp3) is 0.500. The molecule has 3 aromatic rings. The van der Waals surface area contributed by atoms with E-state index in [4.69, 9.17) is 9.47 Å².